The Bertz CT molecular complexity index is 264. The van der Waals surface area contributed by atoms with E-state index in [4.69, 9.17) is 0 Å². The van der Waals surface area contributed by atoms with Crippen LogP contribution in [0.5, 0.6) is 0 Å². The van der Waals surface area contributed by atoms with Gasteiger partial charge in [0.2, 0.25) is 0 Å². The largest absolute Gasteiger partial charge is 0.320 e. The molecule has 1 aliphatic heterocycles. The average molecular weight is 220 g/mol. The van der Waals surface area contributed by atoms with Crippen molar-refractivity contribution in [2.24, 2.45) is 0 Å². The third-order valence-corrected chi connectivity index (χ3v) is 4.47. The van der Waals surface area contributed by atoms with E-state index in [1.165, 1.54) is 0 Å². The van der Waals surface area contributed by atoms with E-state index in [1.54, 1.807) is 0 Å². The molecule has 0 aromatic rings. The van der Waals surface area contributed by atoms with Crippen molar-refractivity contribution in [2.45, 2.75) is 19.4 Å². The molecular formula is C9H20N2O2S. The lowest BCUT2D eigenvalue weighted by molar-refractivity contribution is 0.224. The lowest BCUT2D eigenvalue weighted by Crippen LogP contribution is -2.47. The Morgan fingerprint density at radius 3 is 2.79 bits per heavy atom. The Labute approximate surface area is 86.6 Å². The first-order valence-corrected chi connectivity index (χ1v) is 6.96. The second kappa shape index (κ2) is 5.09. The van der Waals surface area contributed by atoms with Crippen LogP contribution in [0.3, 0.4) is 0 Å². The third kappa shape index (κ3) is 3.55. The van der Waals surface area contributed by atoms with Gasteiger partial charge >= 0.3 is 0 Å². The van der Waals surface area contributed by atoms with Crippen molar-refractivity contribution in [3.05, 3.63) is 0 Å². The van der Waals surface area contributed by atoms with Gasteiger partial charge in [-0.05, 0) is 33.5 Å². The number of hydrogen-bond acceptors (Lipinski definition) is 4. The molecular weight excluding hydrogens is 200 g/mol. The summed E-state index contributed by atoms with van der Waals surface area (Å²) in [6.45, 7) is 4.69. The summed E-state index contributed by atoms with van der Waals surface area (Å²) in [7, 11) is -0.818. The van der Waals surface area contributed by atoms with Crippen molar-refractivity contribution in [3.8, 4) is 0 Å². The standard InChI is InChI=1S/C9H20N2O2S/c1-9-8-14(12,13)7-6-11(9)5-3-4-10-2/h9-10H,3-8H2,1-2H3. The molecule has 1 aliphatic rings. The molecule has 0 amide bonds. The highest BCUT2D eigenvalue weighted by atomic mass is 32.2. The van der Waals surface area contributed by atoms with Gasteiger partial charge in [0.15, 0.2) is 9.84 Å². The SMILES string of the molecule is CNCCCN1CCS(=O)(=O)CC1C. The van der Waals surface area contributed by atoms with Gasteiger partial charge in [0.05, 0.1) is 11.5 Å². The van der Waals surface area contributed by atoms with Crippen LogP contribution >= 0.6 is 0 Å². The molecule has 0 spiro atoms. The maximum absolute atomic E-state index is 11.3. The number of rotatable bonds is 4. The molecule has 1 unspecified atom stereocenters. The summed E-state index contributed by atoms with van der Waals surface area (Å²) in [5, 5.41) is 3.09. The molecule has 1 fully saturated rings. The van der Waals surface area contributed by atoms with Crippen LogP contribution in [0, 0.1) is 0 Å². The third-order valence-electron chi connectivity index (χ3n) is 2.68. The monoisotopic (exact) mass is 220 g/mol. The van der Waals surface area contributed by atoms with Crippen molar-refractivity contribution in [1.82, 2.24) is 10.2 Å². The zero-order valence-electron chi connectivity index (χ0n) is 8.99. The van der Waals surface area contributed by atoms with E-state index in [2.05, 4.69) is 10.2 Å². The van der Waals surface area contributed by atoms with Crippen molar-refractivity contribution in [3.63, 3.8) is 0 Å². The normalized spacial score (nSPS) is 27.7. The lowest BCUT2D eigenvalue weighted by atomic mass is 10.3. The predicted molar refractivity (Wildman–Crippen MR) is 58.2 cm³/mol. The summed E-state index contributed by atoms with van der Waals surface area (Å²) in [5.41, 5.74) is 0. The Morgan fingerprint density at radius 2 is 2.21 bits per heavy atom. The van der Waals surface area contributed by atoms with E-state index in [0.717, 1.165) is 19.5 Å². The first-order valence-electron chi connectivity index (χ1n) is 5.14. The van der Waals surface area contributed by atoms with E-state index in [0.29, 0.717) is 18.1 Å². The molecule has 5 heteroatoms. The summed E-state index contributed by atoms with van der Waals surface area (Å²) in [6, 6.07) is 0.186. The molecule has 0 aromatic carbocycles. The van der Waals surface area contributed by atoms with E-state index in [-0.39, 0.29) is 6.04 Å². The van der Waals surface area contributed by atoms with Crippen LogP contribution in [0.1, 0.15) is 13.3 Å². The molecule has 14 heavy (non-hydrogen) atoms. The number of nitrogens with one attached hydrogen (secondary N) is 1. The summed E-state index contributed by atoms with van der Waals surface area (Å²) >= 11 is 0. The summed E-state index contributed by atoms with van der Waals surface area (Å²) < 4.78 is 22.6. The maximum atomic E-state index is 11.3. The van der Waals surface area contributed by atoms with Gasteiger partial charge in [-0.2, -0.15) is 0 Å². The van der Waals surface area contributed by atoms with Gasteiger partial charge in [-0.1, -0.05) is 0 Å². The van der Waals surface area contributed by atoms with Crippen molar-refractivity contribution in [2.75, 3.05) is 38.2 Å². The predicted octanol–water partition coefficient (Wildman–Crippen LogP) is -0.285. The van der Waals surface area contributed by atoms with E-state index >= 15 is 0 Å². The molecule has 1 N–H and O–H groups in total. The average Bonchev–Trinajstić information content (AvgIpc) is 2.08. The van der Waals surface area contributed by atoms with Gasteiger partial charge < -0.3 is 5.32 Å². The molecule has 0 saturated carbocycles. The Balaban J connectivity index is 2.35. The quantitative estimate of drug-likeness (QED) is 0.662. The minimum absolute atomic E-state index is 0.186. The first kappa shape index (κ1) is 11.9. The molecule has 4 nitrogen and oxygen atoms in total. The van der Waals surface area contributed by atoms with E-state index in [1.807, 2.05) is 14.0 Å². The zero-order chi connectivity index (χ0) is 10.6. The molecule has 1 heterocycles. The van der Waals surface area contributed by atoms with Gasteiger partial charge in [-0.15, -0.1) is 0 Å². The second-order valence-electron chi connectivity index (χ2n) is 3.96. The summed E-state index contributed by atoms with van der Waals surface area (Å²) in [4.78, 5) is 2.26. The van der Waals surface area contributed by atoms with Crippen molar-refractivity contribution in [1.29, 1.82) is 0 Å². The Morgan fingerprint density at radius 1 is 1.50 bits per heavy atom. The van der Waals surface area contributed by atoms with Gasteiger partial charge in [0, 0.05) is 12.6 Å². The molecule has 1 saturated heterocycles. The van der Waals surface area contributed by atoms with Crippen LogP contribution in [-0.2, 0) is 9.84 Å². The lowest BCUT2D eigenvalue weighted by Gasteiger charge is -2.32. The zero-order valence-corrected chi connectivity index (χ0v) is 9.81. The second-order valence-corrected chi connectivity index (χ2v) is 6.19. The molecule has 0 radical (unpaired) electrons. The Hall–Kier alpha value is -0.130. The van der Waals surface area contributed by atoms with Crippen LogP contribution in [0.15, 0.2) is 0 Å². The number of nitrogens with zero attached hydrogens (tertiary/aromatic N) is 1. The van der Waals surface area contributed by atoms with Crippen LogP contribution in [0.4, 0.5) is 0 Å². The topological polar surface area (TPSA) is 49.4 Å². The van der Waals surface area contributed by atoms with Gasteiger partial charge in [-0.25, -0.2) is 8.42 Å². The summed E-state index contributed by atoms with van der Waals surface area (Å²) in [5.74, 6) is 0.656. The minimum atomic E-state index is -2.75. The first-order chi connectivity index (χ1) is 6.55. The molecule has 1 rings (SSSR count). The molecule has 0 bridgehead atoms. The summed E-state index contributed by atoms with van der Waals surface area (Å²) in [6.07, 6.45) is 1.08. The van der Waals surface area contributed by atoms with E-state index in [9.17, 15) is 8.42 Å². The Kier molecular flexibility index (Phi) is 4.34. The highest BCUT2D eigenvalue weighted by Crippen LogP contribution is 2.11. The molecule has 1 atom stereocenters. The maximum Gasteiger partial charge on any atom is 0.153 e. The van der Waals surface area contributed by atoms with Crippen molar-refractivity contribution >= 4 is 9.84 Å². The molecule has 84 valence electrons. The molecule has 0 aliphatic carbocycles. The highest BCUT2D eigenvalue weighted by molar-refractivity contribution is 7.91. The van der Waals surface area contributed by atoms with Gasteiger partial charge in [-0.3, -0.25) is 4.90 Å². The van der Waals surface area contributed by atoms with Crippen LogP contribution < -0.4 is 5.32 Å². The fourth-order valence-electron chi connectivity index (χ4n) is 1.82. The number of hydrogen-bond donors (Lipinski definition) is 1. The smallest absolute Gasteiger partial charge is 0.153 e. The number of sulfone groups is 1. The molecule has 0 aromatic heterocycles. The fraction of sp³-hybridized carbons (Fsp3) is 1.00. The fourth-order valence-corrected chi connectivity index (χ4v) is 3.45. The minimum Gasteiger partial charge on any atom is -0.320 e. The van der Waals surface area contributed by atoms with E-state index < -0.39 is 9.84 Å². The van der Waals surface area contributed by atoms with Gasteiger partial charge in [0.25, 0.3) is 0 Å². The van der Waals surface area contributed by atoms with Crippen LogP contribution in [0.2, 0.25) is 0 Å². The van der Waals surface area contributed by atoms with Gasteiger partial charge in [0.1, 0.15) is 0 Å². The van der Waals surface area contributed by atoms with Crippen LogP contribution in [-0.4, -0.2) is 57.5 Å². The highest BCUT2D eigenvalue weighted by Gasteiger charge is 2.27. The van der Waals surface area contributed by atoms with Crippen LogP contribution in [0.25, 0.3) is 0 Å². The van der Waals surface area contributed by atoms with Crippen molar-refractivity contribution < 1.29 is 8.42 Å².